The molecule has 0 unspecified atom stereocenters. The smallest absolute Gasteiger partial charge is 0.411 e. The van der Waals surface area contributed by atoms with Gasteiger partial charge < -0.3 is 15.4 Å². The van der Waals surface area contributed by atoms with E-state index in [1.54, 1.807) is 42.5 Å². The molecule has 2 aromatic carbocycles. The molecule has 3 amide bonds. The molecule has 24 heavy (non-hydrogen) atoms. The van der Waals surface area contributed by atoms with Crippen LogP contribution in [-0.2, 0) is 11.3 Å². The van der Waals surface area contributed by atoms with E-state index in [4.69, 9.17) is 23.2 Å². The van der Waals surface area contributed by atoms with E-state index in [1.165, 1.54) is 7.11 Å². The van der Waals surface area contributed by atoms with E-state index in [0.29, 0.717) is 28.0 Å². The van der Waals surface area contributed by atoms with E-state index < -0.39 is 6.09 Å². The van der Waals surface area contributed by atoms with Crippen molar-refractivity contribution in [3.63, 3.8) is 0 Å². The number of hydrogen-bond donors (Lipinski definition) is 3. The number of benzene rings is 2. The van der Waals surface area contributed by atoms with Gasteiger partial charge in [-0.25, -0.2) is 9.59 Å². The van der Waals surface area contributed by atoms with E-state index in [-0.39, 0.29) is 6.03 Å². The fourth-order valence-electron chi connectivity index (χ4n) is 1.81. The Morgan fingerprint density at radius 3 is 2.25 bits per heavy atom. The predicted octanol–water partition coefficient (Wildman–Crippen LogP) is 4.49. The van der Waals surface area contributed by atoms with Crippen molar-refractivity contribution in [3.05, 3.63) is 58.1 Å². The molecule has 0 atom stereocenters. The Hall–Kier alpha value is -2.44. The van der Waals surface area contributed by atoms with Crippen molar-refractivity contribution >= 4 is 46.7 Å². The zero-order valence-corrected chi connectivity index (χ0v) is 14.2. The molecule has 0 aliphatic heterocycles. The van der Waals surface area contributed by atoms with Crippen LogP contribution < -0.4 is 16.0 Å². The second-order valence-electron chi connectivity index (χ2n) is 4.75. The van der Waals surface area contributed by atoms with E-state index in [1.807, 2.05) is 0 Å². The first-order valence-corrected chi connectivity index (χ1v) is 7.67. The molecular formula is C16H15Cl2N3O3. The number of nitrogens with one attached hydrogen (secondary N) is 3. The van der Waals surface area contributed by atoms with Gasteiger partial charge in [0.05, 0.1) is 17.2 Å². The number of ether oxygens (including phenoxy) is 1. The third-order valence-electron chi connectivity index (χ3n) is 3.02. The molecule has 6 nitrogen and oxygen atoms in total. The predicted molar refractivity (Wildman–Crippen MR) is 94.8 cm³/mol. The summed E-state index contributed by atoms with van der Waals surface area (Å²) >= 11 is 11.7. The normalized spacial score (nSPS) is 9.96. The van der Waals surface area contributed by atoms with Crippen molar-refractivity contribution in [2.24, 2.45) is 0 Å². The molecule has 0 spiro atoms. The van der Waals surface area contributed by atoms with Crippen LogP contribution in [0.5, 0.6) is 0 Å². The van der Waals surface area contributed by atoms with Gasteiger partial charge >= 0.3 is 12.1 Å². The van der Waals surface area contributed by atoms with Gasteiger partial charge in [-0.05, 0) is 35.9 Å². The van der Waals surface area contributed by atoms with E-state index in [0.717, 1.165) is 5.56 Å². The lowest BCUT2D eigenvalue weighted by atomic mass is 10.2. The van der Waals surface area contributed by atoms with Crippen LogP contribution in [0.4, 0.5) is 21.0 Å². The molecule has 2 rings (SSSR count). The largest absolute Gasteiger partial charge is 0.453 e. The van der Waals surface area contributed by atoms with Gasteiger partial charge in [-0.3, -0.25) is 5.32 Å². The topological polar surface area (TPSA) is 79.5 Å². The van der Waals surface area contributed by atoms with Gasteiger partial charge in [0, 0.05) is 17.9 Å². The highest BCUT2D eigenvalue weighted by atomic mass is 35.5. The zero-order valence-electron chi connectivity index (χ0n) is 12.7. The third-order valence-corrected chi connectivity index (χ3v) is 3.76. The molecule has 0 aliphatic carbocycles. The van der Waals surface area contributed by atoms with Gasteiger partial charge in [-0.2, -0.15) is 0 Å². The lowest BCUT2D eigenvalue weighted by Crippen LogP contribution is -2.28. The summed E-state index contributed by atoms with van der Waals surface area (Å²) in [6.07, 6.45) is -0.540. The van der Waals surface area contributed by atoms with Crippen molar-refractivity contribution < 1.29 is 14.3 Å². The van der Waals surface area contributed by atoms with Gasteiger partial charge in [0.1, 0.15) is 0 Å². The number of hydrogen-bond acceptors (Lipinski definition) is 3. The van der Waals surface area contributed by atoms with Crippen LogP contribution >= 0.6 is 23.2 Å². The van der Waals surface area contributed by atoms with Crippen LogP contribution in [0.1, 0.15) is 5.56 Å². The molecule has 0 radical (unpaired) electrons. The summed E-state index contributed by atoms with van der Waals surface area (Å²) in [7, 11) is 1.29. The maximum atomic E-state index is 11.9. The molecule has 2 aromatic rings. The monoisotopic (exact) mass is 367 g/mol. The Balaban J connectivity index is 1.85. The van der Waals surface area contributed by atoms with Crippen LogP contribution in [0.3, 0.4) is 0 Å². The van der Waals surface area contributed by atoms with Crippen molar-refractivity contribution in [1.29, 1.82) is 0 Å². The van der Waals surface area contributed by atoms with Crippen LogP contribution in [-0.4, -0.2) is 19.2 Å². The SMILES string of the molecule is COC(=O)Nc1ccc(CNC(=O)Nc2ccc(Cl)c(Cl)c2)cc1. The highest BCUT2D eigenvalue weighted by Crippen LogP contribution is 2.24. The van der Waals surface area contributed by atoms with Gasteiger partial charge in [0.25, 0.3) is 0 Å². The maximum Gasteiger partial charge on any atom is 0.411 e. The highest BCUT2D eigenvalue weighted by molar-refractivity contribution is 6.42. The summed E-state index contributed by atoms with van der Waals surface area (Å²) in [6.45, 7) is 0.325. The summed E-state index contributed by atoms with van der Waals surface area (Å²) in [5.74, 6) is 0. The Morgan fingerprint density at radius 2 is 1.62 bits per heavy atom. The first-order valence-electron chi connectivity index (χ1n) is 6.92. The quantitative estimate of drug-likeness (QED) is 0.744. The van der Waals surface area contributed by atoms with E-state index >= 15 is 0 Å². The molecule has 0 aliphatic rings. The zero-order chi connectivity index (χ0) is 17.5. The van der Waals surface area contributed by atoms with E-state index in [2.05, 4.69) is 20.7 Å². The summed E-state index contributed by atoms with van der Waals surface area (Å²) in [6, 6.07) is 11.4. The lowest BCUT2D eigenvalue weighted by molar-refractivity contribution is 0.187. The summed E-state index contributed by atoms with van der Waals surface area (Å²) in [5, 5.41) is 8.70. The Morgan fingerprint density at radius 1 is 0.958 bits per heavy atom. The number of urea groups is 1. The van der Waals surface area contributed by atoms with Crippen molar-refractivity contribution in [2.75, 3.05) is 17.7 Å². The average molecular weight is 368 g/mol. The Bertz CT molecular complexity index is 736. The number of amides is 3. The Kier molecular flexibility index (Phi) is 6.28. The first kappa shape index (κ1) is 17.9. The number of halogens is 2. The molecule has 0 heterocycles. The second-order valence-corrected chi connectivity index (χ2v) is 5.56. The number of carbonyl (C=O) groups excluding carboxylic acids is 2. The highest BCUT2D eigenvalue weighted by Gasteiger charge is 2.05. The molecule has 126 valence electrons. The van der Waals surface area contributed by atoms with Crippen LogP contribution in [0.25, 0.3) is 0 Å². The van der Waals surface area contributed by atoms with E-state index in [9.17, 15) is 9.59 Å². The second kappa shape index (κ2) is 8.42. The number of carbonyl (C=O) groups is 2. The molecule has 0 fully saturated rings. The molecule has 3 N–H and O–H groups in total. The minimum absolute atomic E-state index is 0.325. The van der Waals surface area contributed by atoms with Gasteiger partial charge in [0.15, 0.2) is 0 Å². The number of methoxy groups -OCH3 is 1. The van der Waals surface area contributed by atoms with Crippen LogP contribution in [0.15, 0.2) is 42.5 Å². The van der Waals surface area contributed by atoms with Crippen molar-refractivity contribution in [3.8, 4) is 0 Å². The molecule has 0 saturated carbocycles. The molecular weight excluding hydrogens is 353 g/mol. The number of anilines is 2. The summed E-state index contributed by atoms with van der Waals surface area (Å²) in [5.41, 5.74) is 2.01. The fourth-order valence-corrected chi connectivity index (χ4v) is 2.10. The third kappa shape index (κ3) is 5.33. The fraction of sp³-hybridized carbons (Fsp3) is 0.125. The summed E-state index contributed by atoms with van der Waals surface area (Å²) < 4.78 is 4.50. The summed E-state index contributed by atoms with van der Waals surface area (Å²) in [4.78, 5) is 22.9. The first-order chi connectivity index (χ1) is 11.5. The molecule has 0 bridgehead atoms. The van der Waals surface area contributed by atoms with Gasteiger partial charge in [-0.15, -0.1) is 0 Å². The number of rotatable bonds is 4. The minimum Gasteiger partial charge on any atom is -0.453 e. The minimum atomic E-state index is -0.540. The molecule has 0 saturated heterocycles. The van der Waals surface area contributed by atoms with Gasteiger partial charge in [-0.1, -0.05) is 35.3 Å². The Labute approximate surface area is 149 Å². The lowest BCUT2D eigenvalue weighted by Gasteiger charge is -2.09. The maximum absolute atomic E-state index is 11.9. The standard InChI is InChI=1S/C16H15Cl2N3O3/c1-24-16(23)21-11-4-2-10(3-5-11)9-19-15(22)20-12-6-7-13(17)14(18)8-12/h2-8H,9H2,1H3,(H,21,23)(H2,19,20,22). The van der Waals surface area contributed by atoms with Crippen molar-refractivity contribution in [1.82, 2.24) is 5.32 Å². The van der Waals surface area contributed by atoms with Gasteiger partial charge in [0.2, 0.25) is 0 Å². The van der Waals surface area contributed by atoms with Crippen LogP contribution in [0, 0.1) is 0 Å². The molecule has 0 aromatic heterocycles. The molecule has 8 heteroatoms. The van der Waals surface area contributed by atoms with Crippen LogP contribution in [0.2, 0.25) is 10.0 Å². The average Bonchev–Trinajstić information content (AvgIpc) is 2.57. The van der Waals surface area contributed by atoms with Crippen molar-refractivity contribution in [2.45, 2.75) is 6.54 Å².